The molecule has 0 aromatic carbocycles. The van der Waals surface area contributed by atoms with Gasteiger partial charge in [-0.05, 0) is 36.2 Å². The summed E-state index contributed by atoms with van der Waals surface area (Å²) in [5.74, 6) is 1.86. The molecule has 21 heavy (non-hydrogen) atoms. The van der Waals surface area contributed by atoms with Crippen molar-refractivity contribution in [2.24, 2.45) is 0 Å². The largest absolute Gasteiger partial charge is 0.338 e. The Kier molecular flexibility index (Phi) is 4.23. The summed E-state index contributed by atoms with van der Waals surface area (Å²) in [5.41, 5.74) is 0. The maximum absolute atomic E-state index is 5.45. The minimum atomic E-state index is 0.263. The predicted molar refractivity (Wildman–Crippen MR) is 74.4 cm³/mol. The van der Waals surface area contributed by atoms with E-state index in [1.165, 1.54) is 6.42 Å². The highest BCUT2D eigenvalue weighted by Crippen LogP contribution is 2.31. The molecule has 0 radical (unpaired) electrons. The van der Waals surface area contributed by atoms with Crippen molar-refractivity contribution in [3.63, 3.8) is 0 Å². The van der Waals surface area contributed by atoms with Crippen molar-refractivity contribution >= 4 is 0 Å². The van der Waals surface area contributed by atoms with Gasteiger partial charge in [0.05, 0.1) is 6.04 Å². The van der Waals surface area contributed by atoms with Crippen LogP contribution < -0.4 is 0 Å². The Morgan fingerprint density at radius 1 is 1.38 bits per heavy atom. The highest BCUT2D eigenvalue weighted by molar-refractivity contribution is 4.99. The molecule has 2 aromatic rings. The topological polar surface area (TPSA) is 85.8 Å². The third kappa shape index (κ3) is 3.26. The molecule has 1 unspecified atom stereocenters. The van der Waals surface area contributed by atoms with Crippen LogP contribution in [-0.4, -0.2) is 48.3 Å². The van der Waals surface area contributed by atoms with Crippen molar-refractivity contribution in [1.29, 1.82) is 0 Å². The normalized spacial score (nSPS) is 19.7. The second-order valence-electron chi connectivity index (χ2n) is 5.77. The van der Waals surface area contributed by atoms with Gasteiger partial charge in [-0.2, -0.15) is 4.98 Å². The summed E-state index contributed by atoms with van der Waals surface area (Å²) in [5, 5.41) is 15.2. The van der Waals surface area contributed by atoms with E-state index in [0.29, 0.717) is 5.92 Å². The van der Waals surface area contributed by atoms with Gasteiger partial charge in [0.1, 0.15) is 6.33 Å². The van der Waals surface area contributed by atoms with Crippen molar-refractivity contribution in [2.75, 3.05) is 13.1 Å². The predicted octanol–water partition coefficient (Wildman–Crippen LogP) is 1.41. The van der Waals surface area contributed by atoms with Gasteiger partial charge in [-0.25, -0.2) is 4.68 Å². The summed E-state index contributed by atoms with van der Waals surface area (Å²) >= 11 is 0. The van der Waals surface area contributed by atoms with Crippen LogP contribution in [0.5, 0.6) is 0 Å². The fourth-order valence-corrected chi connectivity index (χ4v) is 2.71. The van der Waals surface area contributed by atoms with Crippen LogP contribution >= 0.6 is 0 Å². The van der Waals surface area contributed by atoms with Gasteiger partial charge in [-0.3, -0.25) is 4.90 Å². The van der Waals surface area contributed by atoms with Gasteiger partial charge in [0.25, 0.3) is 0 Å². The van der Waals surface area contributed by atoms with Crippen molar-refractivity contribution in [3.05, 3.63) is 18.0 Å². The second-order valence-corrected chi connectivity index (χ2v) is 5.77. The molecule has 1 saturated heterocycles. The van der Waals surface area contributed by atoms with Crippen molar-refractivity contribution in [2.45, 2.75) is 51.6 Å². The summed E-state index contributed by atoms with van der Waals surface area (Å²) < 4.78 is 7.21. The van der Waals surface area contributed by atoms with Gasteiger partial charge in [0.2, 0.25) is 5.89 Å². The third-order valence-electron chi connectivity index (χ3n) is 3.85. The first-order valence-corrected chi connectivity index (χ1v) is 7.52. The Morgan fingerprint density at radius 3 is 3.00 bits per heavy atom. The zero-order chi connectivity index (χ0) is 14.7. The van der Waals surface area contributed by atoms with Crippen LogP contribution in [0.25, 0.3) is 0 Å². The fraction of sp³-hybridized carbons (Fsp3) is 0.769. The van der Waals surface area contributed by atoms with Gasteiger partial charge < -0.3 is 4.52 Å². The molecule has 114 valence electrons. The number of tetrazole rings is 1. The SMILES string of the molecule is CC(C)c1noc(C2CCCN2CCCn2cnnn2)n1. The van der Waals surface area contributed by atoms with Gasteiger partial charge in [0.15, 0.2) is 5.82 Å². The minimum absolute atomic E-state index is 0.263. The number of likely N-dealkylation sites (tertiary alicyclic amines) is 1. The Bertz CT molecular complexity index is 551. The average molecular weight is 291 g/mol. The first-order chi connectivity index (χ1) is 10.2. The van der Waals surface area contributed by atoms with E-state index in [0.717, 1.165) is 44.2 Å². The van der Waals surface area contributed by atoms with Gasteiger partial charge in [0, 0.05) is 19.0 Å². The maximum Gasteiger partial charge on any atom is 0.244 e. The fourth-order valence-electron chi connectivity index (χ4n) is 2.71. The molecule has 0 spiro atoms. The molecule has 1 fully saturated rings. The Labute approximate surface area is 123 Å². The van der Waals surface area contributed by atoms with Crippen LogP contribution in [-0.2, 0) is 6.54 Å². The highest BCUT2D eigenvalue weighted by atomic mass is 16.5. The molecule has 8 nitrogen and oxygen atoms in total. The standard InChI is InChI=1S/C13H21N7O/c1-10(2)12-15-13(21-16-12)11-5-3-6-19(11)7-4-8-20-9-14-17-18-20/h9-11H,3-8H2,1-2H3. The number of aryl methyl sites for hydroxylation is 1. The van der Waals surface area contributed by atoms with Crippen LogP contribution in [0, 0.1) is 0 Å². The van der Waals surface area contributed by atoms with E-state index in [1.807, 2.05) is 0 Å². The summed E-state index contributed by atoms with van der Waals surface area (Å²) in [4.78, 5) is 6.96. The Balaban J connectivity index is 1.56. The number of hydrogen-bond donors (Lipinski definition) is 0. The number of hydrogen-bond acceptors (Lipinski definition) is 7. The third-order valence-corrected chi connectivity index (χ3v) is 3.85. The van der Waals surface area contributed by atoms with Gasteiger partial charge >= 0.3 is 0 Å². The lowest BCUT2D eigenvalue weighted by atomic mass is 10.2. The molecule has 0 amide bonds. The summed E-state index contributed by atoms with van der Waals surface area (Å²) in [6.45, 7) is 7.06. The van der Waals surface area contributed by atoms with E-state index in [1.54, 1.807) is 11.0 Å². The molecule has 0 N–H and O–H groups in total. The van der Waals surface area contributed by atoms with Crippen LogP contribution in [0.1, 0.15) is 56.8 Å². The van der Waals surface area contributed by atoms with E-state index in [4.69, 9.17) is 4.52 Å². The summed E-state index contributed by atoms with van der Waals surface area (Å²) in [6.07, 6.45) is 4.92. The highest BCUT2D eigenvalue weighted by Gasteiger charge is 2.30. The van der Waals surface area contributed by atoms with Crippen molar-refractivity contribution in [1.82, 2.24) is 35.2 Å². The maximum atomic E-state index is 5.45. The monoisotopic (exact) mass is 291 g/mol. The molecular formula is C13H21N7O. The van der Waals surface area contributed by atoms with Crippen LogP contribution in [0.4, 0.5) is 0 Å². The smallest absolute Gasteiger partial charge is 0.244 e. The molecule has 3 heterocycles. The van der Waals surface area contributed by atoms with Crippen LogP contribution in [0.15, 0.2) is 10.9 Å². The van der Waals surface area contributed by atoms with Gasteiger partial charge in [-0.15, -0.1) is 5.10 Å². The molecule has 3 rings (SSSR count). The number of nitrogens with zero attached hydrogens (tertiary/aromatic N) is 7. The average Bonchev–Trinajstić information content (AvgIpc) is 3.20. The molecule has 2 aromatic heterocycles. The zero-order valence-electron chi connectivity index (χ0n) is 12.5. The minimum Gasteiger partial charge on any atom is -0.338 e. The first-order valence-electron chi connectivity index (χ1n) is 7.52. The van der Waals surface area contributed by atoms with E-state index in [-0.39, 0.29) is 6.04 Å². The van der Waals surface area contributed by atoms with E-state index in [2.05, 4.69) is 44.4 Å². The molecule has 0 saturated carbocycles. The quantitative estimate of drug-likeness (QED) is 0.795. The molecule has 0 aliphatic carbocycles. The van der Waals surface area contributed by atoms with Crippen molar-refractivity contribution in [3.8, 4) is 0 Å². The molecule has 1 atom stereocenters. The summed E-state index contributed by atoms with van der Waals surface area (Å²) in [7, 11) is 0. The molecule has 8 heteroatoms. The number of rotatable bonds is 6. The Morgan fingerprint density at radius 2 is 2.29 bits per heavy atom. The molecular weight excluding hydrogens is 270 g/mol. The lowest BCUT2D eigenvalue weighted by molar-refractivity contribution is 0.202. The molecule has 1 aliphatic rings. The lowest BCUT2D eigenvalue weighted by Gasteiger charge is -2.21. The molecule has 1 aliphatic heterocycles. The van der Waals surface area contributed by atoms with E-state index < -0.39 is 0 Å². The lowest BCUT2D eigenvalue weighted by Crippen LogP contribution is -2.25. The zero-order valence-corrected chi connectivity index (χ0v) is 12.5. The summed E-state index contributed by atoms with van der Waals surface area (Å²) in [6, 6.07) is 0.263. The second kappa shape index (κ2) is 6.30. The molecule has 0 bridgehead atoms. The van der Waals surface area contributed by atoms with Crippen molar-refractivity contribution < 1.29 is 4.52 Å². The Hall–Kier alpha value is -1.83. The van der Waals surface area contributed by atoms with E-state index in [9.17, 15) is 0 Å². The van der Waals surface area contributed by atoms with Gasteiger partial charge in [-0.1, -0.05) is 19.0 Å². The number of aromatic nitrogens is 6. The first kappa shape index (κ1) is 14.1. The van der Waals surface area contributed by atoms with Crippen LogP contribution in [0.3, 0.4) is 0 Å². The van der Waals surface area contributed by atoms with Crippen LogP contribution in [0.2, 0.25) is 0 Å². The van der Waals surface area contributed by atoms with E-state index >= 15 is 0 Å².